The Hall–Kier alpha value is -1.69. The summed E-state index contributed by atoms with van der Waals surface area (Å²) in [5.41, 5.74) is 0.249. The van der Waals surface area contributed by atoms with Gasteiger partial charge < -0.3 is 0 Å². The molecule has 0 amide bonds. The summed E-state index contributed by atoms with van der Waals surface area (Å²) >= 11 is 0. The van der Waals surface area contributed by atoms with Crippen LogP contribution < -0.4 is 0 Å². The van der Waals surface area contributed by atoms with Crippen molar-refractivity contribution in [1.29, 1.82) is 5.26 Å². The van der Waals surface area contributed by atoms with E-state index in [-0.39, 0.29) is 5.92 Å². The molecule has 2 fully saturated rings. The number of benzene rings is 1. The van der Waals surface area contributed by atoms with Gasteiger partial charge in [0.25, 0.3) is 0 Å². The van der Waals surface area contributed by atoms with Crippen LogP contribution in [0.25, 0.3) is 0 Å². The first-order valence-electron chi connectivity index (χ1n) is 14.2. The van der Waals surface area contributed by atoms with Gasteiger partial charge in [-0.3, -0.25) is 0 Å². The lowest BCUT2D eigenvalue weighted by Gasteiger charge is -2.29. The molecule has 0 saturated heterocycles. The summed E-state index contributed by atoms with van der Waals surface area (Å²) in [6.07, 6.45) is 27.2. The summed E-state index contributed by atoms with van der Waals surface area (Å²) in [6.45, 7) is 2.28. The summed E-state index contributed by atoms with van der Waals surface area (Å²) in [4.78, 5) is 0. The average molecular weight is 470 g/mol. The van der Waals surface area contributed by atoms with Crippen molar-refractivity contribution in [1.82, 2.24) is 0 Å². The molecule has 0 atom stereocenters. The molecule has 3 rings (SSSR count). The summed E-state index contributed by atoms with van der Waals surface area (Å²) in [5, 5.41) is 8.87. The third-order valence-corrected chi connectivity index (χ3v) is 8.43. The van der Waals surface area contributed by atoms with Gasteiger partial charge in [-0.25, -0.2) is 8.78 Å². The Labute approximate surface area is 207 Å². The number of hydrogen-bond donors (Lipinski definition) is 0. The zero-order valence-corrected chi connectivity index (χ0v) is 21.3. The Kier molecular flexibility index (Phi) is 11.6. The smallest absolute Gasteiger partial charge is 0.144 e. The third-order valence-electron chi connectivity index (χ3n) is 8.43. The Morgan fingerprint density at radius 3 is 1.79 bits per heavy atom. The summed E-state index contributed by atoms with van der Waals surface area (Å²) in [7, 11) is 0. The minimum absolute atomic E-state index is 0.202. The molecule has 1 nitrogen and oxygen atoms in total. The van der Waals surface area contributed by atoms with Crippen molar-refractivity contribution in [2.24, 2.45) is 17.8 Å². The van der Waals surface area contributed by atoms with Crippen LogP contribution in [0.2, 0.25) is 0 Å². The van der Waals surface area contributed by atoms with Crippen molar-refractivity contribution in [3.8, 4) is 6.07 Å². The Balaban J connectivity index is 1.29. The Morgan fingerprint density at radius 1 is 0.765 bits per heavy atom. The average Bonchev–Trinajstić information content (AvgIpc) is 2.85. The van der Waals surface area contributed by atoms with Gasteiger partial charge in [-0.05, 0) is 92.7 Å². The monoisotopic (exact) mass is 469 g/mol. The van der Waals surface area contributed by atoms with E-state index in [0.717, 1.165) is 37.5 Å². The fourth-order valence-electron chi connectivity index (χ4n) is 6.13. The SMILES string of the molecule is CCCCCCCCCCC1CCC(/C=C/C2CCC(c3cc(F)c(C#N)c(F)c3)CC2)CC1. The summed E-state index contributed by atoms with van der Waals surface area (Å²) in [6, 6.07) is 4.35. The molecule has 3 heteroatoms. The van der Waals surface area contributed by atoms with Gasteiger partial charge in [0.1, 0.15) is 23.3 Å². The highest BCUT2D eigenvalue weighted by molar-refractivity contribution is 5.36. The second-order valence-electron chi connectivity index (χ2n) is 11.0. The van der Waals surface area contributed by atoms with Crippen molar-refractivity contribution in [2.45, 2.75) is 122 Å². The van der Waals surface area contributed by atoms with E-state index in [1.165, 1.54) is 95.6 Å². The van der Waals surface area contributed by atoms with Gasteiger partial charge in [0, 0.05) is 0 Å². The molecule has 0 unspecified atom stereocenters. The Morgan fingerprint density at radius 2 is 1.26 bits per heavy atom. The number of halogens is 2. The van der Waals surface area contributed by atoms with E-state index in [4.69, 9.17) is 5.26 Å². The van der Waals surface area contributed by atoms with Gasteiger partial charge in [0.15, 0.2) is 0 Å². The van der Waals surface area contributed by atoms with Crippen molar-refractivity contribution < 1.29 is 8.78 Å². The second-order valence-corrected chi connectivity index (χ2v) is 11.0. The lowest BCUT2D eigenvalue weighted by Crippen LogP contribution is -2.15. The van der Waals surface area contributed by atoms with E-state index in [2.05, 4.69) is 19.1 Å². The van der Waals surface area contributed by atoms with Crippen molar-refractivity contribution in [3.05, 3.63) is 47.0 Å². The highest BCUT2D eigenvalue weighted by Gasteiger charge is 2.24. The fourth-order valence-corrected chi connectivity index (χ4v) is 6.13. The number of allylic oxidation sites excluding steroid dienone is 2. The number of rotatable bonds is 12. The van der Waals surface area contributed by atoms with E-state index in [1.54, 1.807) is 6.07 Å². The molecule has 0 aliphatic heterocycles. The van der Waals surface area contributed by atoms with Gasteiger partial charge in [-0.2, -0.15) is 5.26 Å². The van der Waals surface area contributed by atoms with Crippen LogP contribution in [-0.2, 0) is 0 Å². The second kappa shape index (κ2) is 14.7. The molecule has 1 aromatic carbocycles. The molecule has 2 saturated carbocycles. The molecule has 0 radical (unpaired) electrons. The molecule has 0 heterocycles. The van der Waals surface area contributed by atoms with Gasteiger partial charge >= 0.3 is 0 Å². The number of nitrogens with zero attached hydrogens (tertiary/aromatic N) is 1. The fraction of sp³-hybridized carbons (Fsp3) is 0.710. The van der Waals surface area contributed by atoms with Crippen molar-refractivity contribution in [2.75, 3.05) is 0 Å². The zero-order valence-electron chi connectivity index (χ0n) is 21.3. The standard InChI is InChI=1S/C31H45F2N/c1-2-3-4-5-6-7-8-9-10-24-11-13-25(14-12-24)15-16-26-17-19-27(20-18-26)28-21-30(32)29(23-34)31(33)22-28/h15-16,21-22,24-27H,2-14,17-20H2,1H3/b16-15+. The summed E-state index contributed by atoms with van der Waals surface area (Å²) < 4.78 is 28.0. The van der Waals surface area contributed by atoms with Crippen LogP contribution in [0.3, 0.4) is 0 Å². The maximum Gasteiger partial charge on any atom is 0.144 e. The van der Waals surface area contributed by atoms with E-state index in [9.17, 15) is 8.78 Å². The predicted molar refractivity (Wildman–Crippen MR) is 138 cm³/mol. The van der Waals surface area contributed by atoms with Crippen LogP contribution in [0, 0.1) is 40.7 Å². The summed E-state index contributed by atoms with van der Waals surface area (Å²) in [5.74, 6) is 1.05. The van der Waals surface area contributed by atoms with Crippen LogP contribution in [0.5, 0.6) is 0 Å². The van der Waals surface area contributed by atoms with Gasteiger partial charge in [-0.1, -0.05) is 76.9 Å². The molecule has 34 heavy (non-hydrogen) atoms. The first-order valence-corrected chi connectivity index (χ1v) is 14.2. The van der Waals surface area contributed by atoms with Crippen LogP contribution >= 0.6 is 0 Å². The van der Waals surface area contributed by atoms with E-state index < -0.39 is 17.2 Å². The topological polar surface area (TPSA) is 23.8 Å². The van der Waals surface area contributed by atoms with E-state index >= 15 is 0 Å². The molecule has 1 aromatic rings. The van der Waals surface area contributed by atoms with Crippen LogP contribution in [0.1, 0.15) is 133 Å². The molecule has 2 aliphatic rings. The molecule has 0 aromatic heterocycles. The largest absolute Gasteiger partial charge is 0.205 e. The third kappa shape index (κ3) is 8.51. The highest BCUT2D eigenvalue weighted by atomic mass is 19.1. The van der Waals surface area contributed by atoms with Gasteiger partial charge in [0.05, 0.1) is 0 Å². The van der Waals surface area contributed by atoms with Crippen LogP contribution in [0.4, 0.5) is 8.78 Å². The first-order chi connectivity index (χ1) is 16.6. The van der Waals surface area contributed by atoms with Crippen molar-refractivity contribution >= 4 is 0 Å². The normalized spacial score (nSPS) is 25.5. The molecule has 188 valence electrons. The molecule has 0 spiro atoms. The van der Waals surface area contributed by atoms with Gasteiger partial charge in [0.2, 0.25) is 0 Å². The number of nitriles is 1. The molecular weight excluding hydrogens is 424 g/mol. The van der Waals surface area contributed by atoms with Gasteiger partial charge in [-0.15, -0.1) is 0 Å². The van der Waals surface area contributed by atoms with E-state index in [1.807, 2.05) is 0 Å². The Bertz CT molecular complexity index is 769. The number of hydrogen-bond acceptors (Lipinski definition) is 1. The lowest BCUT2D eigenvalue weighted by molar-refractivity contribution is 0.287. The molecule has 0 bridgehead atoms. The predicted octanol–water partition coefficient (Wildman–Crippen LogP) is 10.0. The quantitative estimate of drug-likeness (QED) is 0.221. The maximum atomic E-state index is 14.0. The van der Waals surface area contributed by atoms with Crippen molar-refractivity contribution in [3.63, 3.8) is 0 Å². The van der Waals surface area contributed by atoms with Crippen LogP contribution in [-0.4, -0.2) is 0 Å². The molecule has 2 aliphatic carbocycles. The lowest BCUT2D eigenvalue weighted by atomic mass is 9.76. The minimum Gasteiger partial charge on any atom is -0.205 e. The molecule has 0 N–H and O–H groups in total. The first kappa shape index (κ1) is 26.9. The minimum atomic E-state index is -0.725. The highest BCUT2D eigenvalue weighted by Crippen LogP contribution is 2.38. The van der Waals surface area contributed by atoms with Crippen LogP contribution in [0.15, 0.2) is 24.3 Å². The maximum absolute atomic E-state index is 14.0. The zero-order chi connectivity index (χ0) is 24.2. The molecular formula is C31H45F2N. The van der Waals surface area contributed by atoms with E-state index in [0.29, 0.717) is 11.5 Å². The number of unbranched alkanes of at least 4 members (excludes halogenated alkanes) is 7.